The van der Waals surface area contributed by atoms with E-state index in [-0.39, 0.29) is 6.61 Å². The number of anilines is 1. The first-order valence-electron chi connectivity index (χ1n) is 6.50. The Kier molecular flexibility index (Phi) is 3.15. The number of aryl methyl sites for hydroxylation is 1. The molecule has 0 aliphatic heterocycles. The number of hydrogen-bond donors (Lipinski definition) is 2. The van der Waals surface area contributed by atoms with Crippen molar-refractivity contribution < 1.29 is 9.52 Å². The number of aromatic nitrogens is 3. The lowest BCUT2D eigenvalue weighted by Gasteiger charge is -2.04. The van der Waals surface area contributed by atoms with Crippen LogP contribution in [0, 0.1) is 0 Å². The Bertz CT molecular complexity index is 745. The van der Waals surface area contributed by atoms with Gasteiger partial charge >= 0.3 is 0 Å². The van der Waals surface area contributed by atoms with Crippen LogP contribution in [0.5, 0.6) is 0 Å². The highest BCUT2D eigenvalue weighted by Crippen LogP contribution is 2.20. The molecule has 3 aromatic rings. The van der Waals surface area contributed by atoms with Crippen LogP contribution in [0.3, 0.4) is 0 Å². The van der Waals surface area contributed by atoms with Crippen LogP contribution in [0.25, 0.3) is 11.0 Å². The quantitative estimate of drug-likeness (QED) is 0.706. The van der Waals surface area contributed by atoms with Crippen molar-refractivity contribution in [2.75, 3.05) is 5.73 Å². The fourth-order valence-electron chi connectivity index (χ4n) is 2.21. The molecule has 0 radical (unpaired) electrons. The first-order valence-corrected chi connectivity index (χ1v) is 6.50. The van der Waals surface area contributed by atoms with Gasteiger partial charge in [0.25, 0.3) is 0 Å². The summed E-state index contributed by atoms with van der Waals surface area (Å²) in [6, 6.07) is 5.49. The van der Waals surface area contributed by atoms with Crippen LogP contribution in [0.15, 0.2) is 28.8 Å². The van der Waals surface area contributed by atoms with Gasteiger partial charge < -0.3 is 19.8 Å². The number of nitrogens with zero attached hydrogens (tertiary/aromatic N) is 3. The molecule has 2 aromatic heterocycles. The highest BCUT2D eigenvalue weighted by molar-refractivity contribution is 5.79. The molecule has 0 fully saturated rings. The van der Waals surface area contributed by atoms with Gasteiger partial charge in [0.15, 0.2) is 0 Å². The molecule has 0 aliphatic carbocycles. The molecule has 0 spiro atoms. The average molecular weight is 272 g/mol. The standard InChI is InChI=1S/C14H16N4O2/c1-2-10-6-16-14(20-10)7-18-12-4-3-9(15)5-11(12)17-13(18)8-19/h3-6,19H,2,7-8,15H2,1H3. The summed E-state index contributed by atoms with van der Waals surface area (Å²) < 4.78 is 7.50. The third-order valence-electron chi connectivity index (χ3n) is 3.24. The topological polar surface area (TPSA) is 90.1 Å². The molecule has 0 atom stereocenters. The lowest BCUT2D eigenvalue weighted by Crippen LogP contribution is -2.05. The summed E-state index contributed by atoms with van der Waals surface area (Å²) in [4.78, 5) is 8.62. The monoisotopic (exact) mass is 272 g/mol. The van der Waals surface area contributed by atoms with Crippen LogP contribution < -0.4 is 5.73 Å². The molecule has 104 valence electrons. The van der Waals surface area contributed by atoms with Crippen molar-refractivity contribution in [3.8, 4) is 0 Å². The van der Waals surface area contributed by atoms with E-state index in [4.69, 9.17) is 10.2 Å². The third kappa shape index (κ3) is 2.14. The summed E-state index contributed by atoms with van der Waals surface area (Å²) in [6.07, 6.45) is 2.53. The molecule has 0 aliphatic rings. The van der Waals surface area contributed by atoms with Crippen molar-refractivity contribution in [3.05, 3.63) is 41.9 Å². The Hall–Kier alpha value is -2.34. The van der Waals surface area contributed by atoms with E-state index >= 15 is 0 Å². The highest BCUT2D eigenvalue weighted by atomic mass is 16.4. The molecule has 2 heterocycles. The highest BCUT2D eigenvalue weighted by Gasteiger charge is 2.13. The van der Waals surface area contributed by atoms with Gasteiger partial charge in [-0.3, -0.25) is 0 Å². The van der Waals surface area contributed by atoms with Gasteiger partial charge in [-0.2, -0.15) is 0 Å². The number of hydrogen-bond acceptors (Lipinski definition) is 5. The normalized spacial score (nSPS) is 11.3. The fourth-order valence-corrected chi connectivity index (χ4v) is 2.21. The molecular formula is C14H16N4O2. The first-order chi connectivity index (χ1) is 9.71. The van der Waals surface area contributed by atoms with Gasteiger partial charge in [-0.15, -0.1) is 0 Å². The van der Waals surface area contributed by atoms with Crippen LogP contribution in [-0.2, 0) is 19.6 Å². The number of aliphatic hydroxyl groups excluding tert-OH is 1. The summed E-state index contributed by atoms with van der Waals surface area (Å²) in [5.41, 5.74) is 8.07. The molecule has 0 amide bonds. The van der Waals surface area contributed by atoms with Gasteiger partial charge in [-0.25, -0.2) is 9.97 Å². The van der Waals surface area contributed by atoms with Gasteiger partial charge in [0, 0.05) is 12.1 Å². The van der Waals surface area contributed by atoms with Gasteiger partial charge in [0.1, 0.15) is 24.7 Å². The van der Waals surface area contributed by atoms with Crippen molar-refractivity contribution in [3.63, 3.8) is 0 Å². The maximum absolute atomic E-state index is 9.45. The Morgan fingerprint density at radius 1 is 1.40 bits per heavy atom. The molecular weight excluding hydrogens is 256 g/mol. The second kappa shape index (κ2) is 4.97. The molecule has 0 saturated carbocycles. The van der Waals surface area contributed by atoms with E-state index in [0.717, 1.165) is 23.2 Å². The number of benzene rings is 1. The van der Waals surface area contributed by atoms with Crippen LogP contribution in [-0.4, -0.2) is 19.6 Å². The summed E-state index contributed by atoms with van der Waals surface area (Å²) in [5.74, 6) is 2.02. The number of nitrogens with two attached hydrogens (primary N) is 1. The molecule has 6 heteroatoms. The summed E-state index contributed by atoms with van der Waals surface area (Å²) in [6.45, 7) is 2.31. The van der Waals surface area contributed by atoms with E-state index < -0.39 is 0 Å². The molecule has 1 aromatic carbocycles. The second-order valence-electron chi connectivity index (χ2n) is 4.59. The number of nitrogen functional groups attached to an aromatic ring is 1. The van der Waals surface area contributed by atoms with Gasteiger partial charge in [-0.1, -0.05) is 6.92 Å². The van der Waals surface area contributed by atoms with Gasteiger partial charge in [-0.05, 0) is 18.2 Å². The molecule has 6 nitrogen and oxygen atoms in total. The SMILES string of the molecule is CCc1cnc(Cn2c(CO)nc3cc(N)ccc32)o1. The summed E-state index contributed by atoms with van der Waals surface area (Å²) >= 11 is 0. The summed E-state index contributed by atoms with van der Waals surface area (Å²) in [7, 11) is 0. The fraction of sp³-hybridized carbons (Fsp3) is 0.286. The zero-order valence-corrected chi connectivity index (χ0v) is 11.2. The van der Waals surface area contributed by atoms with Crippen molar-refractivity contribution in [1.82, 2.24) is 14.5 Å². The minimum Gasteiger partial charge on any atom is -0.444 e. The van der Waals surface area contributed by atoms with Gasteiger partial charge in [0.2, 0.25) is 5.89 Å². The van der Waals surface area contributed by atoms with E-state index in [1.54, 1.807) is 12.3 Å². The van der Waals surface area contributed by atoms with E-state index in [1.807, 2.05) is 23.6 Å². The Labute approximate surface area is 115 Å². The van der Waals surface area contributed by atoms with Crippen LogP contribution in [0.1, 0.15) is 24.4 Å². The number of fused-ring (bicyclic) bond motifs is 1. The minimum atomic E-state index is -0.143. The smallest absolute Gasteiger partial charge is 0.214 e. The Morgan fingerprint density at radius 2 is 2.25 bits per heavy atom. The predicted molar refractivity (Wildman–Crippen MR) is 75.1 cm³/mol. The molecule has 0 bridgehead atoms. The van der Waals surface area contributed by atoms with E-state index in [9.17, 15) is 5.11 Å². The second-order valence-corrected chi connectivity index (χ2v) is 4.59. The Balaban J connectivity index is 2.04. The number of rotatable bonds is 4. The maximum atomic E-state index is 9.45. The average Bonchev–Trinajstić information content (AvgIpc) is 3.03. The molecule has 20 heavy (non-hydrogen) atoms. The molecule has 3 rings (SSSR count). The van der Waals surface area contributed by atoms with E-state index in [2.05, 4.69) is 9.97 Å². The Morgan fingerprint density at radius 3 is 2.95 bits per heavy atom. The van der Waals surface area contributed by atoms with Crippen molar-refractivity contribution in [2.45, 2.75) is 26.5 Å². The zero-order chi connectivity index (χ0) is 14.1. The lowest BCUT2D eigenvalue weighted by atomic mass is 10.3. The summed E-state index contributed by atoms with van der Waals surface area (Å²) in [5, 5.41) is 9.45. The number of oxazole rings is 1. The molecule has 0 saturated heterocycles. The molecule has 3 N–H and O–H groups in total. The van der Waals surface area contributed by atoms with Crippen molar-refractivity contribution >= 4 is 16.7 Å². The zero-order valence-electron chi connectivity index (χ0n) is 11.2. The first kappa shape index (κ1) is 12.7. The molecule has 0 unspecified atom stereocenters. The predicted octanol–water partition coefficient (Wildman–Crippen LogP) is 1.71. The van der Waals surface area contributed by atoms with E-state index in [0.29, 0.717) is 23.9 Å². The van der Waals surface area contributed by atoms with E-state index in [1.165, 1.54) is 0 Å². The van der Waals surface area contributed by atoms with Crippen LogP contribution in [0.4, 0.5) is 5.69 Å². The number of aliphatic hydroxyl groups is 1. The lowest BCUT2D eigenvalue weighted by molar-refractivity contribution is 0.265. The largest absolute Gasteiger partial charge is 0.444 e. The van der Waals surface area contributed by atoms with Crippen molar-refractivity contribution in [2.24, 2.45) is 0 Å². The van der Waals surface area contributed by atoms with Crippen LogP contribution in [0.2, 0.25) is 0 Å². The van der Waals surface area contributed by atoms with Gasteiger partial charge in [0.05, 0.1) is 17.2 Å². The minimum absolute atomic E-state index is 0.143. The third-order valence-corrected chi connectivity index (χ3v) is 3.24. The van der Waals surface area contributed by atoms with Crippen LogP contribution >= 0.6 is 0 Å². The van der Waals surface area contributed by atoms with Crippen molar-refractivity contribution in [1.29, 1.82) is 0 Å². The number of imidazole rings is 1. The maximum Gasteiger partial charge on any atom is 0.214 e.